The molecule has 5 rings (SSSR count). The summed E-state index contributed by atoms with van der Waals surface area (Å²) in [6, 6.07) is 3.08. The van der Waals surface area contributed by atoms with Gasteiger partial charge in [-0.1, -0.05) is 0 Å². The molecule has 0 bridgehead atoms. The van der Waals surface area contributed by atoms with E-state index in [0.717, 1.165) is 22.6 Å². The molecule has 0 aliphatic carbocycles. The van der Waals surface area contributed by atoms with E-state index in [1.807, 2.05) is 28.0 Å². The monoisotopic (exact) mass is 496 g/mol. The first kappa shape index (κ1) is 23.6. The molecule has 184 valence electrons. The molecule has 0 aromatic carbocycles. The SMILES string of the molecule is Cc1nc(CN2CC[C@@]3(CN(C(=O)Cc4ccc(F)cn4)C[C@@H]3c3cn(C(C)C)cn3)C2=O)cs1. The predicted octanol–water partition coefficient (Wildman–Crippen LogP) is 3.35. The zero-order chi connectivity index (χ0) is 24.7. The smallest absolute Gasteiger partial charge is 0.231 e. The summed E-state index contributed by atoms with van der Waals surface area (Å²) < 4.78 is 15.3. The van der Waals surface area contributed by atoms with Gasteiger partial charge >= 0.3 is 0 Å². The zero-order valence-corrected chi connectivity index (χ0v) is 21.0. The van der Waals surface area contributed by atoms with E-state index in [9.17, 15) is 14.0 Å². The fourth-order valence-corrected chi connectivity index (χ4v) is 5.83. The van der Waals surface area contributed by atoms with Crippen molar-refractivity contribution in [1.29, 1.82) is 0 Å². The Balaban J connectivity index is 1.41. The van der Waals surface area contributed by atoms with Gasteiger partial charge in [0.15, 0.2) is 0 Å². The molecular formula is C25H29FN6O2S. The van der Waals surface area contributed by atoms with Gasteiger partial charge in [-0.15, -0.1) is 11.3 Å². The first-order valence-corrected chi connectivity index (χ1v) is 12.7. The topological polar surface area (TPSA) is 84.2 Å². The number of aryl methyl sites for hydroxylation is 1. The lowest BCUT2D eigenvalue weighted by atomic mass is 9.75. The summed E-state index contributed by atoms with van der Waals surface area (Å²) in [5.74, 6) is -0.686. The minimum Gasteiger partial charge on any atom is -0.341 e. The fraction of sp³-hybridized carbons (Fsp3) is 0.480. The molecule has 8 nitrogen and oxygen atoms in total. The van der Waals surface area contributed by atoms with Crippen molar-refractivity contribution < 1.29 is 14.0 Å². The maximum atomic E-state index is 13.9. The van der Waals surface area contributed by atoms with Crippen LogP contribution in [0.25, 0.3) is 0 Å². The van der Waals surface area contributed by atoms with E-state index in [-0.39, 0.29) is 30.2 Å². The highest BCUT2D eigenvalue weighted by Gasteiger charge is 2.58. The normalized spacial score (nSPS) is 22.2. The van der Waals surface area contributed by atoms with Gasteiger partial charge in [-0.3, -0.25) is 14.6 Å². The molecule has 35 heavy (non-hydrogen) atoms. The number of amides is 2. The number of hydrogen-bond acceptors (Lipinski definition) is 6. The van der Waals surface area contributed by atoms with Gasteiger partial charge in [-0.25, -0.2) is 14.4 Å². The van der Waals surface area contributed by atoms with Crippen LogP contribution in [0.2, 0.25) is 0 Å². The third-order valence-corrected chi connectivity index (χ3v) is 7.97. The van der Waals surface area contributed by atoms with Crippen LogP contribution >= 0.6 is 11.3 Å². The van der Waals surface area contributed by atoms with E-state index in [4.69, 9.17) is 0 Å². The average molecular weight is 497 g/mol. The van der Waals surface area contributed by atoms with Gasteiger partial charge < -0.3 is 14.4 Å². The number of pyridine rings is 1. The Labute approximate surface area is 207 Å². The van der Waals surface area contributed by atoms with Crippen molar-refractivity contribution in [1.82, 2.24) is 29.3 Å². The van der Waals surface area contributed by atoms with Crippen LogP contribution in [0, 0.1) is 18.2 Å². The molecule has 0 unspecified atom stereocenters. The Kier molecular flexibility index (Phi) is 6.16. The van der Waals surface area contributed by atoms with Gasteiger partial charge in [0.25, 0.3) is 0 Å². The Morgan fingerprint density at radius 2 is 2.11 bits per heavy atom. The van der Waals surface area contributed by atoms with Gasteiger partial charge in [0.05, 0.1) is 47.3 Å². The van der Waals surface area contributed by atoms with Gasteiger partial charge in [0.2, 0.25) is 11.8 Å². The number of likely N-dealkylation sites (tertiary alicyclic amines) is 2. The number of halogens is 1. The molecule has 0 N–H and O–H groups in total. The number of carbonyl (C=O) groups is 2. The van der Waals surface area contributed by atoms with Crippen LogP contribution in [0.5, 0.6) is 0 Å². The molecular weight excluding hydrogens is 467 g/mol. The van der Waals surface area contributed by atoms with Crippen molar-refractivity contribution in [3.63, 3.8) is 0 Å². The highest BCUT2D eigenvalue weighted by Crippen LogP contribution is 2.50. The van der Waals surface area contributed by atoms with E-state index in [2.05, 4.69) is 28.8 Å². The number of imidazole rings is 1. The van der Waals surface area contributed by atoms with Crippen LogP contribution in [0.1, 0.15) is 54.3 Å². The summed E-state index contributed by atoms with van der Waals surface area (Å²) in [5, 5.41) is 2.97. The van der Waals surface area contributed by atoms with Gasteiger partial charge in [-0.05, 0) is 39.3 Å². The number of nitrogens with zero attached hydrogens (tertiary/aromatic N) is 6. The Morgan fingerprint density at radius 3 is 2.77 bits per heavy atom. The molecule has 2 fully saturated rings. The van der Waals surface area contributed by atoms with E-state index < -0.39 is 11.2 Å². The minimum atomic E-state index is -0.715. The van der Waals surface area contributed by atoms with Gasteiger partial charge in [-0.2, -0.15) is 0 Å². The van der Waals surface area contributed by atoms with E-state index in [1.54, 1.807) is 22.6 Å². The number of aromatic nitrogens is 4. The second-order valence-corrected chi connectivity index (χ2v) is 10.9. The molecule has 2 aliphatic rings. The quantitative estimate of drug-likeness (QED) is 0.523. The Bertz CT molecular complexity index is 1240. The van der Waals surface area contributed by atoms with Crippen molar-refractivity contribution in [3.05, 3.63) is 64.1 Å². The van der Waals surface area contributed by atoms with E-state index in [0.29, 0.717) is 38.3 Å². The third kappa shape index (κ3) is 4.47. The average Bonchev–Trinajstić information content (AvgIpc) is 3.60. The summed E-state index contributed by atoms with van der Waals surface area (Å²) in [7, 11) is 0. The predicted molar refractivity (Wildman–Crippen MR) is 129 cm³/mol. The summed E-state index contributed by atoms with van der Waals surface area (Å²) in [5.41, 5.74) is 1.53. The fourth-order valence-electron chi connectivity index (χ4n) is 5.22. The lowest BCUT2D eigenvalue weighted by molar-refractivity contribution is -0.137. The molecule has 2 saturated heterocycles. The van der Waals surface area contributed by atoms with E-state index in [1.165, 1.54) is 12.1 Å². The second-order valence-electron chi connectivity index (χ2n) is 9.80. The van der Waals surface area contributed by atoms with Gasteiger partial charge in [0.1, 0.15) is 5.82 Å². The molecule has 0 radical (unpaired) electrons. The van der Waals surface area contributed by atoms with Crippen molar-refractivity contribution in [2.45, 2.75) is 52.1 Å². The van der Waals surface area contributed by atoms with Crippen LogP contribution in [0.3, 0.4) is 0 Å². The highest BCUT2D eigenvalue weighted by atomic mass is 32.1. The Hall–Kier alpha value is -3.14. The van der Waals surface area contributed by atoms with E-state index >= 15 is 0 Å². The van der Waals surface area contributed by atoms with Crippen molar-refractivity contribution in [2.75, 3.05) is 19.6 Å². The first-order valence-electron chi connectivity index (χ1n) is 11.9. The van der Waals surface area contributed by atoms with Gasteiger partial charge in [0, 0.05) is 48.9 Å². The van der Waals surface area contributed by atoms with Crippen LogP contribution in [0.15, 0.2) is 36.2 Å². The Morgan fingerprint density at radius 1 is 1.29 bits per heavy atom. The molecule has 3 aromatic heterocycles. The number of hydrogen-bond donors (Lipinski definition) is 0. The zero-order valence-electron chi connectivity index (χ0n) is 20.1. The summed E-state index contributed by atoms with van der Waals surface area (Å²) in [6.07, 6.45) is 5.66. The highest BCUT2D eigenvalue weighted by molar-refractivity contribution is 7.09. The maximum absolute atomic E-state index is 13.9. The molecule has 10 heteroatoms. The second kappa shape index (κ2) is 9.14. The van der Waals surface area contributed by atoms with Crippen molar-refractivity contribution >= 4 is 23.2 Å². The molecule has 2 atom stereocenters. The summed E-state index contributed by atoms with van der Waals surface area (Å²) in [6.45, 7) is 7.99. The van der Waals surface area contributed by atoms with Crippen LogP contribution in [-0.4, -0.2) is 60.8 Å². The lowest BCUT2D eigenvalue weighted by Gasteiger charge is -2.27. The van der Waals surface area contributed by atoms with Crippen LogP contribution in [0.4, 0.5) is 4.39 Å². The molecule has 3 aromatic rings. The largest absolute Gasteiger partial charge is 0.341 e. The first-order chi connectivity index (χ1) is 16.7. The third-order valence-electron chi connectivity index (χ3n) is 7.15. The van der Waals surface area contributed by atoms with Crippen molar-refractivity contribution in [3.8, 4) is 0 Å². The molecule has 0 saturated carbocycles. The lowest BCUT2D eigenvalue weighted by Crippen LogP contribution is -2.40. The molecule has 1 spiro atoms. The molecule has 2 aliphatic heterocycles. The van der Waals surface area contributed by atoms with Crippen LogP contribution < -0.4 is 0 Å². The number of rotatable bonds is 6. The summed E-state index contributed by atoms with van der Waals surface area (Å²) >= 11 is 1.58. The molecule has 5 heterocycles. The maximum Gasteiger partial charge on any atom is 0.231 e. The van der Waals surface area contributed by atoms with Crippen LogP contribution in [-0.2, 0) is 22.6 Å². The van der Waals surface area contributed by atoms with Crippen molar-refractivity contribution in [2.24, 2.45) is 5.41 Å². The minimum absolute atomic E-state index is 0.0578. The standard InChI is InChI=1S/C25H29FN6O2S/c1-16(2)32-12-22(28-15-32)21-11-31(23(33)8-19-5-4-18(26)9-27-19)14-25(21)6-7-30(24(25)34)10-20-13-35-17(3)29-20/h4-5,9,12-13,15-16,21H,6-8,10-11,14H2,1-3H3/t21-,25+/m1/s1. The number of carbonyl (C=O) groups excluding carboxylic acids is 2. The summed E-state index contributed by atoms with van der Waals surface area (Å²) in [4.78, 5) is 44.0. The molecule has 2 amide bonds. The number of thiazole rings is 1.